The number of benzene rings is 1. The number of aliphatic hydroxyl groups excluding tert-OH is 1. The largest absolute Gasteiger partial charge is 0.480 e. The minimum atomic E-state index is -1.13. The summed E-state index contributed by atoms with van der Waals surface area (Å²) in [6, 6.07) is 8.07. The van der Waals surface area contributed by atoms with Crippen molar-refractivity contribution in [2.24, 2.45) is 5.92 Å². The molecule has 20 heavy (non-hydrogen) atoms. The van der Waals surface area contributed by atoms with Crippen molar-refractivity contribution in [1.29, 1.82) is 0 Å². The summed E-state index contributed by atoms with van der Waals surface area (Å²) in [6.07, 6.45) is -1.56. The predicted molar refractivity (Wildman–Crippen MR) is 69.9 cm³/mol. The third kappa shape index (κ3) is 2.91. The van der Waals surface area contributed by atoms with Gasteiger partial charge in [-0.05, 0) is 5.56 Å². The smallest absolute Gasteiger partial charge is 0.410 e. The number of carbonyl (C=O) groups is 2. The lowest BCUT2D eigenvalue weighted by Crippen LogP contribution is -2.43. The van der Waals surface area contributed by atoms with Gasteiger partial charge >= 0.3 is 12.1 Å². The van der Waals surface area contributed by atoms with Crippen LogP contribution in [0.1, 0.15) is 12.5 Å². The van der Waals surface area contributed by atoms with Crippen LogP contribution in [0, 0.1) is 5.92 Å². The summed E-state index contributed by atoms with van der Waals surface area (Å²) in [4.78, 5) is 24.2. The first-order valence-corrected chi connectivity index (χ1v) is 6.39. The summed E-state index contributed by atoms with van der Waals surface area (Å²) < 4.78 is 5.10. The van der Waals surface area contributed by atoms with Crippen LogP contribution in [0.4, 0.5) is 4.79 Å². The van der Waals surface area contributed by atoms with Gasteiger partial charge in [0, 0.05) is 5.92 Å². The van der Waals surface area contributed by atoms with Gasteiger partial charge in [-0.3, -0.25) is 4.90 Å². The number of carboxylic acid groups (broad SMARTS) is 1. The topological polar surface area (TPSA) is 87.1 Å². The molecule has 1 fully saturated rings. The molecule has 6 heteroatoms. The Kier molecular flexibility index (Phi) is 4.24. The normalized spacial score (nSPS) is 25.5. The average molecular weight is 279 g/mol. The van der Waals surface area contributed by atoms with E-state index in [1.54, 1.807) is 6.92 Å². The lowest BCUT2D eigenvalue weighted by molar-refractivity contribution is -0.143. The van der Waals surface area contributed by atoms with E-state index in [2.05, 4.69) is 0 Å². The number of amides is 1. The predicted octanol–water partition coefficient (Wildman–Crippen LogP) is 1.09. The molecule has 3 atom stereocenters. The zero-order valence-corrected chi connectivity index (χ0v) is 11.1. The van der Waals surface area contributed by atoms with E-state index in [0.717, 1.165) is 10.5 Å². The molecule has 0 saturated carbocycles. The number of hydrogen-bond acceptors (Lipinski definition) is 4. The van der Waals surface area contributed by atoms with Crippen molar-refractivity contribution in [1.82, 2.24) is 4.90 Å². The molecule has 1 aliphatic heterocycles. The molecule has 1 amide bonds. The van der Waals surface area contributed by atoms with Crippen molar-refractivity contribution in [2.75, 3.05) is 6.54 Å². The second kappa shape index (κ2) is 5.92. The highest BCUT2D eigenvalue weighted by Crippen LogP contribution is 2.25. The molecule has 0 spiro atoms. The number of nitrogens with zero attached hydrogens (tertiary/aromatic N) is 1. The fourth-order valence-electron chi connectivity index (χ4n) is 2.32. The number of carbonyl (C=O) groups excluding carboxylic acids is 1. The summed E-state index contributed by atoms with van der Waals surface area (Å²) in [5.74, 6) is -1.65. The van der Waals surface area contributed by atoms with Crippen molar-refractivity contribution in [3.05, 3.63) is 35.9 Å². The summed E-state index contributed by atoms with van der Waals surface area (Å²) in [7, 11) is 0. The fraction of sp³-hybridized carbons (Fsp3) is 0.429. The van der Waals surface area contributed by atoms with Crippen molar-refractivity contribution in [3.8, 4) is 0 Å². The number of likely N-dealkylation sites (tertiary alicyclic amines) is 1. The van der Waals surface area contributed by atoms with Crippen LogP contribution in [0.3, 0.4) is 0 Å². The van der Waals surface area contributed by atoms with Gasteiger partial charge < -0.3 is 14.9 Å². The number of ether oxygens (including phenoxy) is 1. The molecule has 0 bridgehead atoms. The van der Waals surface area contributed by atoms with E-state index in [4.69, 9.17) is 9.84 Å². The maximum atomic E-state index is 12.0. The van der Waals surface area contributed by atoms with Gasteiger partial charge in [0.15, 0.2) is 0 Å². The van der Waals surface area contributed by atoms with Crippen LogP contribution in [0.25, 0.3) is 0 Å². The second-order valence-electron chi connectivity index (χ2n) is 4.90. The molecule has 0 aromatic heterocycles. The highest BCUT2D eigenvalue weighted by Gasteiger charge is 2.45. The quantitative estimate of drug-likeness (QED) is 0.864. The van der Waals surface area contributed by atoms with Crippen molar-refractivity contribution >= 4 is 12.1 Å². The number of hydrogen-bond donors (Lipinski definition) is 2. The summed E-state index contributed by atoms with van der Waals surface area (Å²) in [5.41, 5.74) is 0.820. The number of aliphatic carboxylic acids is 1. The zero-order valence-electron chi connectivity index (χ0n) is 11.1. The molecular formula is C14H17NO5. The third-order valence-electron chi connectivity index (χ3n) is 3.52. The van der Waals surface area contributed by atoms with E-state index in [-0.39, 0.29) is 13.2 Å². The Labute approximate surface area is 116 Å². The Morgan fingerprint density at radius 1 is 1.35 bits per heavy atom. The molecular weight excluding hydrogens is 262 g/mol. The van der Waals surface area contributed by atoms with E-state index in [1.165, 1.54) is 0 Å². The van der Waals surface area contributed by atoms with Crippen LogP contribution in [0.2, 0.25) is 0 Å². The first kappa shape index (κ1) is 14.3. The van der Waals surface area contributed by atoms with E-state index in [9.17, 15) is 14.7 Å². The van der Waals surface area contributed by atoms with Crippen molar-refractivity contribution < 1.29 is 24.5 Å². The molecule has 6 nitrogen and oxygen atoms in total. The number of β-amino-alcohol motifs (C(OH)–C–C–N with tert-alkyl or cyclic N) is 1. The standard InChI is InChI=1S/C14H17NO5/c1-9-11(16)7-15(12(9)13(17)18)14(19)20-8-10-5-3-2-4-6-10/h2-6,9,11-12,16H,7-8H2,1H3,(H,17,18)/t9-,11+,12+/m1/s1. The highest BCUT2D eigenvalue weighted by molar-refractivity contribution is 5.81. The lowest BCUT2D eigenvalue weighted by Gasteiger charge is -2.22. The highest BCUT2D eigenvalue weighted by atomic mass is 16.6. The monoisotopic (exact) mass is 279 g/mol. The van der Waals surface area contributed by atoms with Gasteiger partial charge in [-0.15, -0.1) is 0 Å². The minimum absolute atomic E-state index is 0.0221. The van der Waals surface area contributed by atoms with E-state index >= 15 is 0 Å². The Bertz CT molecular complexity index is 490. The second-order valence-corrected chi connectivity index (χ2v) is 4.90. The average Bonchev–Trinajstić information content (AvgIpc) is 2.73. The zero-order chi connectivity index (χ0) is 14.7. The van der Waals surface area contributed by atoms with Crippen LogP contribution in [0.5, 0.6) is 0 Å². The molecule has 2 rings (SSSR count). The molecule has 0 unspecified atom stereocenters. The molecule has 1 heterocycles. The Morgan fingerprint density at radius 2 is 2.00 bits per heavy atom. The number of rotatable bonds is 3. The fourth-order valence-corrected chi connectivity index (χ4v) is 2.32. The number of aliphatic hydroxyl groups is 1. The third-order valence-corrected chi connectivity index (χ3v) is 3.52. The van der Waals surface area contributed by atoms with Gasteiger partial charge in [0.1, 0.15) is 12.6 Å². The van der Waals surface area contributed by atoms with Gasteiger partial charge in [-0.1, -0.05) is 37.3 Å². The lowest BCUT2D eigenvalue weighted by atomic mass is 10.0. The van der Waals surface area contributed by atoms with E-state index in [1.807, 2.05) is 30.3 Å². The first-order chi connectivity index (χ1) is 9.50. The molecule has 0 radical (unpaired) electrons. The van der Waals surface area contributed by atoms with Crippen molar-refractivity contribution in [3.63, 3.8) is 0 Å². The van der Waals surface area contributed by atoms with Crippen LogP contribution < -0.4 is 0 Å². The minimum Gasteiger partial charge on any atom is -0.480 e. The van der Waals surface area contributed by atoms with Gasteiger partial charge in [0.25, 0.3) is 0 Å². The molecule has 2 N–H and O–H groups in total. The molecule has 108 valence electrons. The van der Waals surface area contributed by atoms with Gasteiger partial charge in [-0.2, -0.15) is 0 Å². The molecule has 1 aromatic rings. The Hall–Kier alpha value is -2.08. The summed E-state index contributed by atoms with van der Waals surface area (Å²) in [6.45, 7) is 1.66. The van der Waals surface area contributed by atoms with Crippen LogP contribution >= 0.6 is 0 Å². The number of carboxylic acids is 1. The molecule has 1 aromatic carbocycles. The SMILES string of the molecule is C[C@H]1[C@@H](C(=O)O)N(C(=O)OCc2ccccc2)C[C@@H]1O. The Balaban J connectivity index is 1.99. The molecule has 1 aliphatic rings. The van der Waals surface area contributed by atoms with Crippen LogP contribution in [-0.4, -0.2) is 45.9 Å². The van der Waals surface area contributed by atoms with Crippen LogP contribution in [-0.2, 0) is 16.1 Å². The molecule has 0 aliphatic carbocycles. The van der Waals surface area contributed by atoms with Crippen molar-refractivity contribution in [2.45, 2.75) is 25.7 Å². The maximum Gasteiger partial charge on any atom is 0.410 e. The van der Waals surface area contributed by atoms with Gasteiger partial charge in [0.2, 0.25) is 0 Å². The summed E-state index contributed by atoms with van der Waals surface area (Å²) in [5, 5.41) is 18.9. The molecule has 1 saturated heterocycles. The van der Waals surface area contributed by atoms with Crippen LogP contribution in [0.15, 0.2) is 30.3 Å². The van der Waals surface area contributed by atoms with E-state index < -0.39 is 30.1 Å². The maximum absolute atomic E-state index is 12.0. The summed E-state index contributed by atoms with van der Waals surface area (Å²) >= 11 is 0. The van der Waals surface area contributed by atoms with Gasteiger partial charge in [0.05, 0.1) is 12.6 Å². The van der Waals surface area contributed by atoms with Gasteiger partial charge in [-0.25, -0.2) is 9.59 Å². The van der Waals surface area contributed by atoms with E-state index in [0.29, 0.717) is 0 Å². The first-order valence-electron chi connectivity index (χ1n) is 6.39. The Morgan fingerprint density at radius 3 is 2.60 bits per heavy atom.